The molecular formula is C8H11NO5S. The molecule has 6 nitrogen and oxygen atoms in total. The second-order valence-electron chi connectivity index (χ2n) is 2.79. The molecule has 0 aliphatic carbocycles. The van der Waals surface area contributed by atoms with Gasteiger partial charge in [-0.2, -0.15) is 0 Å². The number of amides is 1. The summed E-state index contributed by atoms with van der Waals surface area (Å²) in [6.45, 7) is 1.58. The van der Waals surface area contributed by atoms with Crippen LogP contribution in [0.5, 0.6) is 0 Å². The maximum atomic E-state index is 11.1. The van der Waals surface area contributed by atoms with Crippen molar-refractivity contribution in [1.82, 2.24) is 0 Å². The molecule has 0 aromatic heterocycles. The van der Waals surface area contributed by atoms with Crippen molar-refractivity contribution in [3.05, 3.63) is 4.91 Å². The summed E-state index contributed by atoms with van der Waals surface area (Å²) in [6, 6.07) is 0. The maximum absolute atomic E-state index is 11.1. The van der Waals surface area contributed by atoms with Gasteiger partial charge in [-0.3, -0.25) is 14.4 Å². The molecule has 0 aromatic carbocycles. The van der Waals surface area contributed by atoms with E-state index in [1.807, 2.05) is 6.92 Å². The summed E-state index contributed by atoms with van der Waals surface area (Å²) in [5, 5.41) is 9.25. The number of hydrogen-bond acceptors (Lipinski definition) is 5. The molecular weight excluding hydrogens is 222 g/mol. The van der Waals surface area contributed by atoms with E-state index in [2.05, 4.69) is 5.18 Å². The average Bonchev–Trinajstić information content (AvgIpc) is 2.59. The molecule has 15 heavy (non-hydrogen) atoms. The van der Waals surface area contributed by atoms with Crippen LogP contribution in [0.1, 0.15) is 13.3 Å². The first-order chi connectivity index (χ1) is 7.12. The van der Waals surface area contributed by atoms with Gasteiger partial charge in [0, 0.05) is 16.8 Å². The largest absolute Gasteiger partial charge is 0.483 e. The predicted octanol–water partition coefficient (Wildman–Crippen LogP) is 0.896. The Hall–Kier alpha value is -1.24. The van der Waals surface area contributed by atoms with Crippen LogP contribution in [0.4, 0.5) is 0 Å². The van der Waals surface area contributed by atoms with Crippen LogP contribution in [0, 0.1) is 16.7 Å². The highest BCUT2D eigenvalue weighted by Gasteiger charge is 2.39. The second-order valence-corrected chi connectivity index (χ2v) is 3.81. The number of carboxylic acid groups (broad SMARTS) is 1. The van der Waals surface area contributed by atoms with E-state index in [1.165, 1.54) is 0 Å². The number of carbonyl (C=O) groups is 3. The molecule has 2 unspecified atom stereocenters. The molecule has 7 heteroatoms. The summed E-state index contributed by atoms with van der Waals surface area (Å²) in [5.41, 5.74) is 0. The SMILES string of the molecule is CCC1C(=O)SCC1C(=O)N=O.O=CO. The lowest BCUT2D eigenvalue weighted by Crippen LogP contribution is -2.21. The molecule has 1 fully saturated rings. The van der Waals surface area contributed by atoms with Crippen molar-refractivity contribution in [2.45, 2.75) is 13.3 Å². The van der Waals surface area contributed by atoms with Crippen LogP contribution in [-0.4, -0.2) is 28.4 Å². The number of carbonyl (C=O) groups excluding carboxylic acids is 2. The molecule has 0 spiro atoms. The Kier molecular flexibility index (Phi) is 6.52. The van der Waals surface area contributed by atoms with Crippen molar-refractivity contribution in [3.63, 3.8) is 0 Å². The minimum absolute atomic E-state index is 0.0134. The van der Waals surface area contributed by atoms with Crippen LogP contribution < -0.4 is 0 Å². The monoisotopic (exact) mass is 233 g/mol. The van der Waals surface area contributed by atoms with E-state index in [4.69, 9.17) is 9.90 Å². The molecule has 0 aromatic rings. The topological polar surface area (TPSA) is 101 Å². The molecule has 1 rings (SSSR count). The van der Waals surface area contributed by atoms with Gasteiger partial charge >= 0.3 is 0 Å². The predicted molar refractivity (Wildman–Crippen MR) is 54.2 cm³/mol. The standard InChI is InChI=1S/C7H9NO3S.CH2O2/c1-2-4-5(6(9)8-11)3-12-7(4)10;2-1-3/h4-5H,2-3H2,1H3;1H,(H,2,3). The van der Waals surface area contributed by atoms with Gasteiger partial charge in [0.15, 0.2) is 5.12 Å². The highest BCUT2D eigenvalue weighted by Crippen LogP contribution is 2.34. The zero-order valence-corrected chi connectivity index (χ0v) is 8.90. The first kappa shape index (κ1) is 13.8. The molecule has 1 amide bonds. The van der Waals surface area contributed by atoms with Gasteiger partial charge in [-0.15, -0.1) is 4.91 Å². The Morgan fingerprint density at radius 3 is 2.67 bits per heavy atom. The molecule has 1 aliphatic heterocycles. The first-order valence-corrected chi connectivity index (χ1v) is 5.22. The van der Waals surface area contributed by atoms with Crippen LogP contribution >= 0.6 is 11.8 Å². The van der Waals surface area contributed by atoms with Crippen molar-refractivity contribution in [3.8, 4) is 0 Å². The van der Waals surface area contributed by atoms with Crippen LogP contribution in [0.15, 0.2) is 5.18 Å². The van der Waals surface area contributed by atoms with E-state index in [-0.39, 0.29) is 17.5 Å². The quantitative estimate of drug-likeness (QED) is 0.561. The van der Waals surface area contributed by atoms with Crippen molar-refractivity contribution >= 4 is 29.3 Å². The minimum atomic E-state index is -0.680. The van der Waals surface area contributed by atoms with Gasteiger partial charge in [-0.05, 0) is 6.42 Å². The van der Waals surface area contributed by atoms with Gasteiger partial charge in [0.25, 0.3) is 12.4 Å². The fourth-order valence-corrected chi connectivity index (χ4v) is 2.59. The Labute approximate surface area is 90.4 Å². The van der Waals surface area contributed by atoms with Crippen LogP contribution in [0.2, 0.25) is 0 Å². The molecule has 0 saturated carbocycles. The Morgan fingerprint density at radius 2 is 2.27 bits per heavy atom. The third-order valence-corrected chi connectivity index (χ3v) is 3.15. The Balaban J connectivity index is 0.000000583. The summed E-state index contributed by atoms with van der Waals surface area (Å²) >= 11 is 1.12. The average molecular weight is 233 g/mol. The van der Waals surface area contributed by atoms with E-state index < -0.39 is 11.8 Å². The first-order valence-electron chi connectivity index (χ1n) is 4.24. The fourth-order valence-electron chi connectivity index (χ4n) is 1.32. The van der Waals surface area contributed by atoms with Gasteiger partial charge in [0.2, 0.25) is 0 Å². The van der Waals surface area contributed by atoms with E-state index >= 15 is 0 Å². The van der Waals surface area contributed by atoms with Gasteiger partial charge in [-0.25, -0.2) is 0 Å². The normalized spacial score (nSPS) is 23.9. The van der Waals surface area contributed by atoms with E-state index in [1.54, 1.807) is 0 Å². The highest BCUT2D eigenvalue weighted by atomic mass is 32.2. The zero-order valence-electron chi connectivity index (χ0n) is 8.08. The summed E-state index contributed by atoms with van der Waals surface area (Å²) in [6.07, 6.45) is 0.609. The molecule has 1 saturated heterocycles. The number of hydrogen-bond donors (Lipinski definition) is 1. The van der Waals surface area contributed by atoms with E-state index in [9.17, 15) is 14.5 Å². The Bertz CT molecular complexity index is 268. The maximum Gasteiger partial charge on any atom is 0.290 e. The molecule has 1 N–H and O–H groups in total. The molecule has 0 bridgehead atoms. The second kappa shape index (κ2) is 7.10. The summed E-state index contributed by atoms with van der Waals surface area (Å²) in [4.78, 5) is 40.3. The van der Waals surface area contributed by atoms with Crippen LogP contribution in [-0.2, 0) is 14.4 Å². The number of nitroso groups, excluding NO2 is 1. The molecule has 0 radical (unpaired) electrons. The third kappa shape index (κ3) is 3.78. The number of nitrogens with zero attached hydrogens (tertiary/aromatic N) is 1. The van der Waals surface area contributed by atoms with Crippen molar-refractivity contribution in [2.24, 2.45) is 17.0 Å². The lowest BCUT2D eigenvalue weighted by Gasteiger charge is -2.08. The molecule has 1 heterocycles. The molecule has 84 valence electrons. The van der Waals surface area contributed by atoms with E-state index in [0.29, 0.717) is 12.2 Å². The number of thioether (sulfide) groups is 1. The van der Waals surface area contributed by atoms with Gasteiger partial charge < -0.3 is 5.11 Å². The minimum Gasteiger partial charge on any atom is -0.483 e. The van der Waals surface area contributed by atoms with Gasteiger partial charge in [0.1, 0.15) is 0 Å². The van der Waals surface area contributed by atoms with Crippen LogP contribution in [0.3, 0.4) is 0 Å². The Morgan fingerprint density at radius 1 is 1.73 bits per heavy atom. The summed E-state index contributed by atoms with van der Waals surface area (Å²) < 4.78 is 0. The van der Waals surface area contributed by atoms with Crippen molar-refractivity contribution in [2.75, 3.05) is 5.75 Å². The zero-order chi connectivity index (χ0) is 11.8. The highest BCUT2D eigenvalue weighted by molar-refractivity contribution is 8.14. The lowest BCUT2D eigenvalue weighted by atomic mass is 9.93. The molecule has 2 atom stereocenters. The lowest BCUT2D eigenvalue weighted by molar-refractivity contribution is -0.126. The van der Waals surface area contributed by atoms with E-state index in [0.717, 1.165) is 11.8 Å². The van der Waals surface area contributed by atoms with Crippen LogP contribution in [0.25, 0.3) is 0 Å². The molecule has 1 aliphatic rings. The van der Waals surface area contributed by atoms with Gasteiger partial charge in [-0.1, -0.05) is 18.7 Å². The van der Waals surface area contributed by atoms with Gasteiger partial charge in [0.05, 0.1) is 5.92 Å². The number of rotatable bonds is 2. The van der Waals surface area contributed by atoms with Crippen molar-refractivity contribution < 1.29 is 19.5 Å². The summed E-state index contributed by atoms with van der Waals surface area (Å²) in [5.74, 6) is -1.02. The smallest absolute Gasteiger partial charge is 0.290 e. The van der Waals surface area contributed by atoms with Crippen molar-refractivity contribution in [1.29, 1.82) is 0 Å². The fraction of sp³-hybridized carbons (Fsp3) is 0.625. The third-order valence-electron chi connectivity index (χ3n) is 2.04. The summed E-state index contributed by atoms with van der Waals surface area (Å²) in [7, 11) is 0.